The molecule has 0 saturated heterocycles. The minimum absolute atomic E-state index is 0.465. The molecule has 2 aromatic rings. The quantitative estimate of drug-likeness (QED) is 0.612. The van der Waals surface area contributed by atoms with Crippen LogP contribution in [0.2, 0.25) is 0 Å². The van der Waals surface area contributed by atoms with Crippen LogP contribution in [-0.4, -0.2) is 36.1 Å². The molecule has 1 heterocycles. The molecule has 180 valence electrons. The maximum absolute atomic E-state index is 4.92. The number of benzene rings is 1. The lowest BCUT2D eigenvalue weighted by molar-refractivity contribution is 0.351. The summed E-state index contributed by atoms with van der Waals surface area (Å²) < 4.78 is 0. The summed E-state index contributed by atoms with van der Waals surface area (Å²) in [6.07, 6.45) is 9.42. The van der Waals surface area contributed by atoms with Crippen molar-refractivity contribution in [3.8, 4) is 0 Å². The largest absolute Gasteiger partial charge is 0.362 e. The van der Waals surface area contributed by atoms with E-state index in [0.717, 1.165) is 31.2 Å². The van der Waals surface area contributed by atoms with Gasteiger partial charge in [0.05, 0.1) is 5.69 Å². The van der Waals surface area contributed by atoms with Crippen molar-refractivity contribution >= 4 is 11.8 Å². The highest BCUT2D eigenvalue weighted by Crippen LogP contribution is 2.30. The van der Waals surface area contributed by atoms with Crippen LogP contribution < -0.4 is 15.5 Å². The Balaban J connectivity index is 1.35. The molecule has 0 spiro atoms. The van der Waals surface area contributed by atoms with E-state index in [1.807, 2.05) is 0 Å². The van der Waals surface area contributed by atoms with Gasteiger partial charge in [-0.2, -0.15) is 4.98 Å². The van der Waals surface area contributed by atoms with Gasteiger partial charge >= 0.3 is 0 Å². The number of rotatable bonds is 6. The minimum atomic E-state index is 0.465. The Hall–Kier alpha value is -2.14. The molecular weight excluding hydrogens is 406 g/mol. The van der Waals surface area contributed by atoms with Gasteiger partial charge < -0.3 is 15.5 Å². The predicted molar refractivity (Wildman–Crippen MR) is 140 cm³/mol. The third-order valence-electron chi connectivity index (χ3n) is 8.37. The lowest BCUT2D eigenvalue weighted by Gasteiger charge is -2.31. The second-order valence-electron chi connectivity index (χ2n) is 10.6. The Morgan fingerprint density at radius 3 is 1.97 bits per heavy atom. The molecule has 4 rings (SSSR count). The smallest absolute Gasteiger partial charge is 0.225 e. The molecule has 5 nitrogen and oxygen atoms in total. The SMILES string of the molecule is Cc1c(C)c(C)c(CNC2CCC(Nc3nc4c(c(N(C)C)n3)CCCC4)CC2)c(C)c1C. The van der Waals surface area contributed by atoms with Crippen LogP contribution in [-0.2, 0) is 19.4 Å². The van der Waals surface area contributed by atoms with Crippen LogP contribution in [0.3, 0.4) is 0 Å². The number of aryl methyl sites for hydroxylation is 1. The molecule has 0 amide bonds. The molecule has 0 aliphatic heterocycles. The van der Waals surface area contributed by atoms with Crippen LogP contribution >= 0.6 is 0 Å². The van der Waals surface area contributed by atoms with Gasteiger partial charge in [0, 0.05) is 38.3 Å². The van der Waals surface area contributed by atoms with Crippen molar-refractivity contribution in [1.82, 2.24) is 15.3 Å². The summed E-state index contributed by atoms with van der Waals surface area (Å²) in [5.74, 6) is 1.93. The number of nitrogens with one attached hydrogen (secondary N) is 2. The van der Waals surface area contributed by atoms with Crippen molar-refractivity contribution in [3.63, 3.8) is 0 Å². The van der Waals surface area contributed by atoms with E-state index in [9.17, 15) is 0 Å². The van der Waals surface area contributed by atoms with Crippen LogP contribution in [0.4, 0.5) is 11.8 Å². The molecule has 1 saturated carbocycles. The van der Waals surface area contributed by atoms with Crippen molar-refractivity contribution in [2.45, 2.75) is 105 Å². The van der Waals surface area contributed by atoms with Crippen molar-refractivity contribution in [2.75, 3.05) is 24.3 Å². The topological polar surface area (TPSA) is 53.1 Å². The summed E-state index contributed by atoms with van der Waals surface area (Å²) in [4.78, 5) is 12.0. The minimum Gasteiger partial charge on any atom is -0.362 e. The summed E-state index contributed by atoms with van der Waals surface area (Å²) in [5.41, 5.74) is 11.4. The summed E-state index contributed by atoms with van der Waals surface area (Å²) in [7, 11) is 4.19. The summed E-state index contributed by atoms with van der Waals surface area (Å²) in [6, 6.07) is 1.05. The summed E-state index contributed by atoms with van der Waals surface area (Å²) in [5, 5.41) is 7.56. The Morgan fingerprint density at radius 2 is 1.33 bits per heavy atom. The first-order chi connectivity index (χ1) is 15.8. The molecule has 0 bridgehead atoms. The maximum atomic E-state index is 4.92. The number of aromatic nitrogens is 2. The first kappa shape index (κ1) is 24.0. The number of hydrogen-bond donors (Lipinski definition) is 2. The van der Waals surface area contributed by atoms with Crippen LogP contribution in [0.15, 0.2) is 0 Å². The van der Waals surface area contributed by atoms with Gasteiger partial charge in [-0.15, -0.1) is 0 Å². The molecule has 1 aromatic heterocycles. The standard InChI is InChI=1S/C28H43N5/c1-17-18(2)20(4)25(21(5)19(17)3)16-29-22-12-14-23(15-13-22)30-28-31-26-11-9-8-10-24(26)27(32-28)33(6)7/h22-23,29H,8-16H2,1-7H3,(H,30,31,32). The van der Waals surface area contributed by atoms with Crippen molar-refractivity contribution < 1.29 is 0 Å². The maximum Gasteiger partial charge on any atom is 0.225 e. The highest BCUT2D eigenvalue weighted by molar-refractivity contribution is 5.53. The lowest BCUT2D eigenvalue weighted by Crippen LogP contribution is -2.37. The van der Waals surface area contributed by atoms with Crippen LogP contribution in [0, 0.1) is 34.6 Å². The molecule has 2 N–H and O–H groups in total. The van der Waals surface area contributed by atoms with E-state index >= 15 is 0 Å². The third kappa shape index (κ3) is 5.03. The summed E-state index contributed by atoms with van der Waals surface area (Å²) in [6.45, 7) is 12.3. The van der Waals surface area contributed by atoms with Gasteiger partial charge in [-0.05, 0) is 119 Å². The summed E-state index contributed by atoms with van der Waals surface area (Å²) >= 11 is 0. The monoisotopic (exact) mass is 449 g/mol. The van der Waals surface area contributed by atoms with Gasteiger partial charge in [0.2, 0.25) is 5.95 Å². The number of fused-ring (bicyclic) bond motifs is 1. The second-order valence-corrected chi connectivity index (χ2v) is 10.6. The molecule has 2 aliphatic rings. The fraction of sp³-hybridized carbons (Fsp3) is 0.643. The van der Waals surface area contributed by atoms with Gasteiger partial charge in [-0.25, -0.2) is 4.98 Å². The third-order valence-corrected chi connectivity index (χ3v) is 8.37. The van der Waals surface area contributed by atoms with E-state index in [2.05, 4.69) is 64.2 Å². The average molecular weight is 450 g/mol. The predicted octanol–water partition coefficient (Wildman–Crippen LogP) is 5.48. The molecule has 0 atom stereocenters. The van der Waals surface area contributed by atoms with Crippen LogP contribution in [0.25, 0.3) is 0 Å². The molecule has 0 radical (unpaired) electrons. The molecular formula is C28H43N5. The fourth-order valence-electron chi connectivity index (χ4n) is 5.72. The van der Waals surface area contributed by atoms with Gasteiger partial charge in [0.25, 0.3) is 0 Å². The zero-order valence-electron chi connectivity index (χ0n) is 21.9. The van der Waals surface area contributed by atoms with Crippen molar-refractivity contribution in [1.29, 1.82) is 0 Å². The molecule has 1 fully saturated rings. The molecule has 5 heteroatoms. The fourth-order valence-corrected chi connectivity index (χ4v) is 5.72. The number of nitrogens with zero attached hydrogens (tertiary/aromatic N) is 3. The van der Waals surface area contributed by atoms with E-state index in [-0.39, 0.29) is 0 Å². The molecule has 2 aliphatic carbocycles. The van der Waals surface area contributed by atoms with Gasteiger partial charge in [-0.3, -0.25) is 0 Å². The van der Waals surface area contributed by atoms with Crippen molar-refractivity contribution in [3.05, 3.63) is 44.6 Å². The molecule has 0 unspecified atom stereocenters. The highest BCUT2D eigenvalue weighted by Gasteiger charge is 2.24. The highest BCUT2D eigenvalue weighted by atomic mass is 15.2. The van der Waals surface area contributed by atoms with E-state index in [0.29, 0.717) is 12.1 Å². The van der Waals surface area contributed by atoms with Crippen LogP contribution in [0.5, 0.6) is 0 Å². The number of anilines is 2. The van der Waals surface area contributed by atoms with E-state index in [4.69, 9.17) is 9.97 Å². The average Bonchev–Trinajstić information content (AvgIpc) is 2.82. The van der Waals surface area contributed by atoms with Crippen molar-refractivity contribution in [2.24, 2.45) is 0 Å². The Bertz CT molecular complexity index is 973. The first-order valence-corrected chi connectivity index (χ1v) is 12.9. The zero-order chi connectivity index (χ0) is 23.7. The van der Waals surface area contributed by atoms with E-state index < -0.39 is 0 Å². The Kier molecular flexibility index (Phi) is 7.28. The normalized spacial score (nSPS) is 20.5. The Morgan fingerprint density at radius 1 is 0.758 bits per heavy atom. The number of hydrogen-bond acceptors (Lipinski definition) is 5. The van der Waals surface area contributed by atoms with E-state index in [1.54, 1.807) is 0 Å². The zero-order valence-corrected chi connectivity index (χ0v) is 21.9. The van der Waals surface area contributed by atoms with E-state index in [1.165, 1.54) is 83.2 Å². The molecule has 1 aromatic carbocycles. The van der Waals surface area contributed by atoms with Crippen LogP contribution in [0.1, 0.15) is 83.2 Å². The molecule has 33 heavy (non-hydrogen) atoms. The van der Waals surface area contributed by atoms with Gasteiger partial charge in [0.1, 0.15) is 5.82 Å². The van der Waals surface area contributed by atoms with Gasteiger partial charge in [-0.1, -0.05) is 0 Å². The van der Waals surface area contributed by atoms with Gasteiger partial charge in [0.15, 0.2) is 0 Å². The lowest BCUT2D eigenvalue weighted by atomic mass is 9.88. The second kappa shape index (κ2) is 10.0. The first-order valence-electron chi connectivity index (χ1n) is 12.9. The Labute approximate surface area is 200 Å².